The normalized spacial score (nSPS) is 22.1. The van der Waals surface area contributed by atoms with Crippen molar-refractivity contribution in [3.8, 4) is 23.7 Å². The van der Waals surface area contributed by atoms with Crippen LogP contribution >= 0.6 is 11.3 Å². The van der Waals surface area contributed by atoms with E-state index in [1.807, 2.05) is 6.07 Å². The molecule has 2 fully saturated rings. The van der Waals surface area contributed by atoms with Crippen LogP contribution in [0.3, 0.4) is 0 Å². The molecule has 182 valence electrons. The minimum atomic E-state index is -3.82. The minimum absolute atomic E-state index is 0.0646. The summed E-state index contributed by atoms with van der Waals surface area (Å²) in [7, 11) is -3.82. The molecule has 2 N–H and O–H groups in total. The van der Waals surface area contributed by atoms with Crippen LogP contribution in [-0.4, -0.2) is 85.1 Å². The molecule has 2 atom stereocenters. The number of likely N-dealkylation sites (tertiary alicyclic amines) is 1. The van der Waals surface area contributed by atoms with Gasteiger partial charge in [0.1, 0.15) is 0 Å². The fraction of sp³-hybridized carbons (Fsp3) is 0.565. The van der Waals surface area contributed by atoms with Gasteiger partial charge in [-0.25, -0.2) is 13.9 Å². The maximum absolute atomic E-state index is 12.8. The van der Waals surface area contributed by atoms with Crippen molar-refractivity contribution < 1.29 is 28.0 Å². The Morgan fingerprint density at radius 2 is 2.15 bits per heavy atom. The van der Waals surface area contributed by atoms with Gasteiger partial charge in [0.05, 0.1) is 16.4 Å². The smallest absolute Gasteiger partial charge is 0.264 e. The van der Waals surface area contributed by atoms with E-state index in [2.05, 4.69) is 28.6 Å². The van der Waals surface area contributed by atoms with E-state index >= 15 is 0 Å². The second kappa shape index (κ2) is 9.68. The molecule has 0 aromatic carbocycles. The molecule has 2 saturated heterocycles. The van der Waals surface area contributed by atoms with Crippen molar-refractivity contribution in [3.63, 3.8) is 0 Å². The molecular formula is C23H27N3O6S2. The first kappa shape index (κ1) is 24.7. The van der Waals surface area contributed by atoms with Crippen LogP contribution in [0.25, 0.3) is 0 Å². The highest BCUT2D eigenvalue weighted by atomic mass is 32.2. The Morgan fingerprint density at radius 3 is 2.76 bits per heavy atom. The average molecular weight is 506 g/mol. The Bertz CT molecular complexity index is 1210. The van der Waals surface area contributed by atoms with Gasteiger partial charge < -0.3 is 9.64 Å². The van der Waals surface area contributed by atoms with E-state index in [4.69, 9.17) is 9.94 Å². The summed E-state index contributed by atoms with van der Waals surface area (Å²) in [6.07, 6.45) is 1.89. The molecule has 1 unspecified atom stereocenters. The molecule has 3 aliphatic heterocycles. The first-order chi connectivity index (χ1) is 16.1. The molecule has 11 heteroatoms. The Labute approximate surface area is 203 Å². The summed E-state index contributed by atoms with van der Waals surface area (Å²) in [4.78, 5) is 30.0. The molecule has 0 bridgehead atoms. The van der Waals surface area contributed by atoms with Crippen LogP contribution in [-0.2, 0) is 25.9 Å². The quantitative estimate of drug-likeness (QED) is 0.328. The number of ether oxygens (including phenoxy) is 1. The Morgan fingerprint density at radius 1 is 1.38 bits per heavy atom. The van der Waals surface area contributed by atoms with Gasteiger partial charge in [-0.15, -0.1) is 11.3 Å². The zero-order chi connectivity index (χ0) is 24.5. The van der Waals surface area contributed by atoms with Crippen LogP contribution in [0.4, 0.5) is 0 Å². The minimum Gasteiger partial charge on any atom is -0.380 e. The van der Waals surface area contributed by atoms with Gasteiger partial charge in [-0.2, -0.15) is 0 Å². The number of hydrogen-bond acceptors (Lipinski definition) is 8. The standard InChI is InChI=1S/C23H27N3O6S2/c1-23(22(28)24-29,34(2,30)31)8-9-25-14-17-11-19(33-20(17)21(25)27)6-4-3-5-16-12-26(13-16)18-7-10-32-15-18/h11,16,18,29H,7-10,12-15H2,1-2H3,(H,24,28)/t18-,23?/m1/s1. The van der Waals surface area contributed by atoms with Crippen molar-refractivity contribution in [1.29, 1.82) is 0 Å². The van der Waals surface area contributed by atoms with Crippen molar-refractivity contribution in [3.05, 3.63) is 21.4 Å². The van der Waals surface area contributed by atoms with Crippen LogP contribution in [0.1, 0.15) is 39.9 Å². The summed E-state index contributed by atoms with van der Waals surface area (Å²) in [5.41, 5.74) is 2.25. The van der Waals surface area contributed by atoms with Gasteiger partial charge in [-0.05, 0) is 49.2 Å². The monoisotopic (exact) mass is 505 g/mol. The van der Waals surface area contributed by atoms with Crippen LogP contribution in [0.5, 0.6) is 0 Å². The predicted molar refractivity (Wildman–Crippen MR) is 126 cm³/mol. The van der Waals surface area contributed by atoms with Crippen LogP contribution in [0.2, 0.25) is 0 Å². The van der Waals surface area contributed by atoms with E-state index in [1.54, 1.807) is 0 Å². The number of carbonyl (C=O) groups is 2. The van der Waals surface area contributed by atoms with E-state index in [0.717, 1.165) is 49.4 Å². The highest BCUT2D eigenvalue weighted by molar-refractivity contribution is 7.92. The summed E-state index contributed by atoms with van der Waals surface area (Å²) in [6, 6.07) is 2.38. The second-order valence-electron chi connectivity index (χ2n) is 9.07. The molecule has 0 radical (unpaired) electrons. The molecule has 1 aromatic rings. The maximum Gasteiger partial charge on any atom is 0.264 e. The number of amides is 2. The number of sulfone groups is 1. The summed E-state index contributed by atoms with van der Waals surface area (Å²) in [5.74, 6) is 11.1. The van der Waals surface area contributed by atoms with Gasteiger partial charge >= 0.3 is 0 Å². The van der Waals surface area contributed by atoms with E-state index in [9.17, 15) is 18.0 Å². The highest BCUT2D eigenvalue weighted by Gasteiger charge is 2.44. The van der Waals surface area contributed by atoms with Crippen molar-refractivity contribution in [2.24, 2.45) is 5.92 Å². The first-order valence-electron chi connectivity index (χ1n) is 11.0. The molecule has 9 nitrogen and oxygen atoms in total. The molecule has 0 saturated carbocycles. The van der Waals surface area contributed by atoms with Gasteiger partial charge in [0.2, 0.25) is 0 Å². The number of nitrogens with one attached hydrogen (secondary N) is 1. The highest BCUT2D eigenvalue weighted by Crippen LogP contribution is 2.32. The zero-order valence-electron chi connectivity index (χ0n) is 19.1. The maximum atomic E-state index is 12.8. The van der Waals surface area contributed by atoms with E-state index in [1.165, 1.54) is 28.6 Å². The molecule has 2 amide bonds. The molecule has 4 heterocycles. The third-order valence-electron chi connectivity index (χ3n) is 6.77. The molecule has 1 aromatic heterocycles. The third-order valence-corrected chi connectivity index (χ3v) is 9.87. The summed E-state index contributed by atoms with van der Waals surface area (Å²) >= 11 is 1.29. The fourth-order valence-electron chi connectivity index (χ4n) is 4.27. The SMILES string of the molecule is CC(CCN1Cc2cc(C#CC#CC3CN([C@@H]4CCOC4)C3)sc2C1=O)(C(=O)NO)S(C)(=O)=O. The third kappa shape index (κ3) is 4.85. The summed E-state index contributed by atoms with van der Waals surface area (Å²) in [5, 5.41) is 8.94. The van der Waals surface area contributed by atoms with Crippen molar-refractivity contribution in [2.75, 3.05) is 39.1 Å². The Hall–Kier alpha value is -2.41. The number of carbonyl (C=O) groups excluding carboxylic acids is 2. The lowest BCUT2D eigenvalue weighted by Crippen LogP contribution is -2.51. The zero-order valence-corrected chi connectivity index (χ0v) is 20.7. The number of hydroxylamine groups is 1. The average Bonchev–Trinajstić information content (AvgIpc) is 3.48. The summed E-state index contributed by atoms with van der Waals surface area (Å²) < 4.78 is 27.8. The number of nitrogens with zero attached hydrogens (tertiary/aromatic N) is 2. The van der Waals surface area contributed by atoms with Crippen molar-refractivity contribution in [2.45, 2.75) is 37.1 Å². The second-order valence-corrected chi connectivity index (χ2v) is 12.6. The lowest BCUT2D eigenvalue weighted by molar-refractivity contribution is -0.131. The van der Waals surface area contributed by atoms with Gasteiger partial charge in [-0.1, -0.05) is 5.92 Å². The van der Waals surface area contributed by atoms with Gasteiger partial charge in [-0.3, -0.25) is 19.7 Å². The van der Waals surface area contributed by atoms with E-state index in [0.29, 0.717) is 23.4 Å². The molecule has 4 rings (SSSR count). The van der Waals surface area contributed by atoms with Crippen molar-refractivity contribution in [1.82, 2.24) is 15.3 Å². The fourth-order valence-corrected chi connectivity index (χ4v) is 6.11. The topological polar surface area (TPSA) is 116 Å². The molecular weight excluding hydrogens is 478 g/mol. The largest absolute Gasteiger partial charge is 0.380 e. The van der Waals surface area contributed by atoms with E-state index < -0.39 is 20.5 Å². The molecule has 34 heavy (non-hydrogen) atoms. The molecule has 3 aliphatic rings. The van der Waals surface area contributed by atoms with Gasteiger partial charge in [0.15, 0.2) is 14.6 Å². The van der Waals surface area contributed by atoms with Crippen LogP contribution < -0.4 is 5.48 Å². The Balaban J connectivity index is 1.31. The molecule has 0 aliphatic carbocycles. The summed E-state index contributed by atoms with van der Waals surface area (Å²) in [6.45, 7) is 5.19. The van der Waals surface area contributed by atoms with Crippen LogP contribution in [0.15, 0.2) is 6.07 Å². The van der Waals surface area contributed by atoms with Gasteiger partial charge in [0.25, 0.3) is 11.8 Å². The lowest BCUT2D eigenvalue weighted by Gasteiger charge is -2.40. The molecule has 0 spiro atoms. The number of hydrogen-bond donors (Lipinski definition) is 2. The number of thiophene rings is 1. The van der Waals surface area contributed by atoms with E-state index in [-0.39, 0.29) is 18.9 Å². The predicted octanol–water partition coefficient (Wildman–Crippen LogP) is 0.478. The van der Waals surface area contributed by atoms with Crippen molar-refractivity contribution >= 4 is 33.0 Å². The van der Waals surface area contributed by atoms with Gasteiger partial charge in [0, 0.05) is 51.0 Å². The number of rotatable bonds is 6. The lowest BCUT2D eigenvalue weighted by atomic mass is 9.98. The first-order valence-corrected chi connectivity index (χ1v) is 13.7. The van der Waals surface area contributed by atoms with Crippen LogP contribution in [0, 0.1) is 29.6 Å². The number of fused-ring (bicyclic) bond motifs is 1. The Kier molecular flexibility index (Phi) is 7.04.